The molecule has 0 amide bonds. The van der Waals surface area contributed by atoms with E-state index in [1.54, 1.807) is 30.5 Å². The predicted octanol–water partition coefficient (Wildman–Crippen LogP) is 2.87. The Labute approximate surface area is 136 Å². The average Bonchev–Trinajstić information content (AvgIpc) is 2.86. The lowest BCUT2D eigenvalue weighted by Gasteiger charge is -2.14. The normalized spacial score (nSPS) is 15.7. The maximum atomic E-state index is 13.0. The van der Waals surface area contributed by atoms with Crippen LogP contribution in [0.2, 0.25) is 0 Å². The van der Waals surface area contributed by atoms with Gasteiger partial charge in [0.05, 0.1) is 10.4 Å². The maximum absolute atomic E-state index is 13.0. The Morgan fingerprint density at radius 3 is 2.52 bits per heavy atom. The van der Waals surface area contributed by atoms with Gasteiger partial charge in [0.2, 0.25) is 0 Å². The second-order valence-electron chi connectivity index (χ2n) is 6.07. The molecule has 2 heterocycles. The molecule has 4 nitrogen and oxygen atoms in total. The van der Waals surface area contributed by atoms with E-state index in [1.807, 2.05) is 18.2 Å². The van der Waals surface area contributed by atoms with Crippen LogP contribution in [0.5, 0.6) is 0 Å². The van der Waals surface area contributed by atoms with Crippen molar-refractivity contribution in [3.05, 3.63) is 65.9 Å². The van der Waals surface area contributed by atoms with Crippen LogP contribution in [-0.4, -0.2) is 30.9 Å². The fraction of sp³-hybridized carbons (Fsp3) is 0.222. The van der Waals surface area contributed by atoms with Crippen LogP contribution < -0.4 is 0 Å². The Kier molecular flexibility index (Phi) is 3.28. The molecule has 1 aliphatic heterocycles. The fourth-order valence-corrected chi connectivity index (χ4v) is 4.73. The molecule has 1 aromatic heterocycles. The van der Waals surface area contributed by atoms with Crippen LogP contribution in [0.15, 0.2) is 59.6 Å². The third-order valence-corrected chi connectivity index (χ3v) is 6.15. The van der Waals surface area contributed by atoms with Gasteiger partial charge in [0, 0.05) is 24.7 Å². The van der Waals surface area contributed by atoms with Gasteiger partial charge in [-0.3, -0.25) is 0 Å². The molecule has 3 aromatic rings. The van der Waals surface area contributed by atoms with Gasteiger partial charge in [-0.1, -0.05) is 30.3 Å². The second-order valence-corrected chi connectivity index (χ2v) is 7.88. The lowest BCUT2D eigenvalue weighted by Crippen LogP contribution is -2.19. The van der Waals surface area contributed by atoms with E-state index >= 15 is 0 Å². The molecule has 0 N–H and O–H groups in total. The van der Waals surface area contributed by atoms with Gasteiger partial charge in [-0.2, -0.15) is 0 Å². The summed E-state index contributed by atoms with van der Waals surface area (Å²) < 4.78 is 27.5. The number of aromatic nitrogens is 1. The quantitative estimate of drug-likeness (QED) is 0.727. The number of likely N-dealkylation sites (N-methyl/N-ethyl adjacent to an activating group) is 1. The van der Waals surface area contributed by atoms with E-state index in [1.165, 1.54) is 9.54 Å². The Bertz CT molecular complexity index is 975. The van der Waals surface area contributed by atoms with Crippen LogP contribution in [0.1, 0.15) is 11.1 Å². The van der Waals surface area contributed by atoms with Crippen molar-refractivity contribution in [2.24, 2.45) is 0 Å². The first kappa shape index (κ1) is 14.5. The molecule has 0 saturated carbocycles. The zero-order chi connectivity index (χ0) is 16.0. The molecular formula is C18H18N2O2S. The Balaban J connectivity index is 1.99. The van der Waals surface area contributed by atoms with E-state index in [0.717, 1.165) is 36.0 Å². The highest BCUT2D eigenvalue weighted by atomic mass is 32.2. The molecule has 0 atom stereocenters. The molecule has 0 spiro atoms. The van der Waals surface area contributed by atoms with Crippen LogP contribution >= 0.6 is 0 Å². The van der Waals surface area contributed by atoms with Crippen LogP contribution in [0.25, 0.3) is 10.9 Å². The summed E-state index contributed by atoms with van der Waals surface area (Å²) in [7, 11) is -1.47. The number of rotatable bonds is 2. The van der Waals surface area contributed by atoms with Gasteiger partial charge in [-0.15, -0.1) is 0 Å². The summed E-state index contributed by atoms with van der Waals surface area (Å²) in [4.78, 5) is 2.59. The largest absolute Gasteiger partial charge is 0.302 e. The highest BCUT2D eigenvalue weighted by Crippen LogP contribution is 2.31. The molecule has 118 valence electrons. The third kappa shape index (κ3) is 2.28. The summed E-state index contributed by atoms with van der Waals surface area (Å²) in [6.45, 7) is 1.78. The third-order valence-electron chi connectivity index (χ3n) is 4.46. The smallest absolute Gasteiger partial charge is 0.268 e. The predicted molar refractivity (Wildman–Crippen MR) is 91.0 cm³/mol. The second kappa shape index (κ2) is 5.22. The SMILES string of the molecule is CN1CCc2cn(S(=O)(=O)c3ccccc3)c3cccc(c23)C1. The number of nitrogens with zero attached hydrogens (tertiary/aromatic N) is 2. The minimum Gasteiger partial charge on any atom is -0.302 e. The van der Waals surface area contributed by atoms with Crippen molar-refractivity contribution in [1.82, 2.24) is 8.87 Å². The van der Waals surface area contributed by atoms with Gasteiger partial charge in [-0.25, -0.2) is 12.4 Å². The number of benzene rings is 2. The van der Waals surface area contributed by atoms with Crippen molar-refractivity contribution in [1.29, 1.82) is 0 Å². The molecule has 0 bridgehead atoms. The Morgan fingerprint density at radius 2 is 1.74 bits per heavy atom. The topological polar surface area (TPSA) is 42.3 Å². The summed E-state index contributed by atoms with van der Waals surface area (Å²) in [5.74, 6) is 0. The van der Waals surface area contributed by atoms with Crippen LogP contribution in [0.3, 0.4) is 0 Å². The first-order valence-corrected chi connectivity index (χ1v) is 9.12. The molecule has 1 aliphatic rings. The molecular weight excluding hydrogens is 308 g/mol. The standard InChI is InChI=1S/C18H18N2O2S/c1-19-11-10-15-13-20(17-9-5-6-14(12-19)18(15)17)23(21,22)16-7-3-2-4-8-16/h2-9,13H,10-12H2,1H3. The highest BCUT2D eigenvalue weighted by molar-refractivity contribution is 7.90. The van der Waals surface area contributed by atoms with Crippen molar-refractivity contribution in [2.45, 2.75) is 17.9 Å². The van der Waals surface area contributed by atoms with Crippen LogP contribution in [0.4, 0.5) is 0 Å². The molecule has 0 fully saturated rings. The van der Waals surface area contributed by atoms with E-state index in [9.17, 15) is 8.42 Å². The van der Waals surface area contributed by atoms with E-state index in [2.05, 4.69) is 18.0 Å². The first-order valence-electron chi connectivity index (χ1n) is 7.68. The highest BCUT2D eigenvalue weighted by Gasteiger charge is 2.24. The number of hydrogen-bond acceptors (Lipinski definition) is 3. The summed E-state index contributed by atoms with van der Waals surface area (Å²) in [5, 5.41) is 1.09. The van der Waals surface area contributed by atoms with Crippen molar-refractivity contribution < 1.29 is 8.42 Å². The molecule has 0 radical (unpaired) electrons. The molecule has 0 unspecified atom stereocenters. The summed E-state index contributed by atoms with van der Waals surface area (Å²) in [6, 6.07) is 14.5. The van der Waals surface area contributed by atoms with E-state index in [0.29, 0.717) is 4.90 Å². The lowest BCUT2D eigenvalue weighted by molar-refractivity contribution is 0.336. The zero-order valence-corrected chi connectivity index (χ0v) is 13.8. The van der Waals surface area contributed by atoms with Gasteiger partial charge in [0.1, 0.15) is 0 Å². The van der Waals surface area contributed by atoms with E-state index < -0.39 is 10.0 Å². The monoisotopic (exact) mass is 326 g/mol. The molecule has 0 aliphatic carbocycles. The van der Waals surface area contributed by atoms with Gasteiger partial charge >= 0.3 is 0 Å². The summed E-state index contributed by atoms with van der Waals surface area (Å²) in [5.41, 5.74) is 3.08. The molecule has 23 heavy (non-hydrogen) atoms. The minimum absolute atomic E-state index is 0.322. The minimum atomic E-state index is -3.57. The average molecular weight is 326 g/mol. The summed E-state index contributed by atoms with van der Waals surface area (Å²) in [6.07, 6.45) is 2.66. The first-order chi connectivity index (χ1) is 11.1. The van der Waals surface area contributed by atoms with Crippen molar-refractivity contribution in [3.8, 4) is 0 Å². The number of hydrogen-bond donors (Lipinski definition) is 0. The van der Waals surface area contributed by atoms with E-state index in [4.69, 9.17) is 0 Å². The van der Waals surface area contributed by atoms with E-state index in [-0.39, 0.29) is 0 Å². The van der Waals surface area contributed by atoms with Crippen LogP contribution in [0, 0.1) is 0 Å². The van der Waals surface area contributed by atoms with Gasteiger partial charge < -0.3 is 4.90 Å². The van der Waals surface area contributed by atoms with Gasteiger partial charge in [0.25, 0.3) is 10.0 Å². The Hall–Kier alpha value is -2.11. The van der Waals surface area contributed by atoms with Crippen LogP contribution in [-0.2, 0) is 23.0 Å². The van der Waals surface area contributed by atoms with Gasteiger partial charge in [-0.05, 0) is 42.8 Å². The van der Waals surface area contributed by atoms with Crippen molar-refractivity contribution in [3.63, 3.8) is 0 Å². The summed E-state index contributed by atoms with van der Waals surface area (Å²) >= 11 is 0. The van der Waals surface area contributed by atoms with Gasteiger partial charge in [0.15, 0.2) is 0 Å². The van der Waals surface area contributed by atoms with Crippen molar-refractivity contribution >= 4 is 20.9 Å². The molecule has 5 heteroatoms. The molecule has 2 aromatic carbocycles. The van der Waals surface area contributed by atoms with Crippen molar-refractivity contribution in [2.75, 3.05) is 13.6 Å². The molecule has 4 rings (SSSR count). The Morgan fingerprint density at radius 1 is 0.957 bits per heavy atom. The maximum Gasteiger partial charge on any atom is 0.268 e. The molecule has 0 saturated heterocycles. The fourth-order valence-electron chi connectivity index (χ4n) is 3.32. The lowest BCUT2D eigenvalue weighted by atomic mass is 10.1. The zero-order valence-electron chi connectivity index (χ0n) is 12.9.